The van der Waals surface area contributed by atoms with Crippen LogP contribution >= 0.6 is 0 Å². The Bertz CT molecular complexity index is 238. The van der Waals surface area contributed by atoms with Crippen molar-refractivity contribution in [2.45, 2.75) is 57.8 Å². The largest absolute Gasteiger partial charge is 0.294 e. The third kappa shape index (κ3) is 2.01. The lowest BCUT2D eigenvalue weighted by atomic mass is 9.80. The highest BCUT2D eigenvalue weighted by molar-refractivity contribution is 6.04. The summed E-state index contributed by atoms with van der Waals surface area (Å²) in [5.41, 5.74) is 2.70. The van der Waals surface area contributed by atoms with E-state index in [4.69, 9.17) is 0 Å². The lowest BCUT2D eigenvalue weighted by Crippen LogP contribution is -2.18. The van der Waals surface area contributed by atoms with Crippen molar-refractivity contribution in [2.75, 3.05) is 0 Å². The number of Topliss-reactive ketones (excluding diaryl/α,β-unsaturated/α-hetero) is 1. The summed E-state index contributed by atoms with van der Waals surface area (Å²) in [4.78, 5) is 11.3. The number of rotatable bonds is 0. The molecule has 2 rings (SSSR count). The summed E-state index contributed by atoms with van der Waals surface area (Å²) in [5, 5.41) is 0. The summed E-state index contributed by atoms with van der Waals surface area (Å²) >= 11 is 0. The molecule has 0 bridgehead atoms. The van der Waals surface area contributed by atoms with Crippen molar-refractivity contribution >= 4 is 5.78 Å². The fraction of sp³-hybridized carbons (Fsp3) is 0.750. The smallest absolute Gasteiger partial charge is 0.162 e. The van der Waals surface area contributed by atoms with Crippen molar-refractivity contribution < 1.29 is 4.79 Å². The minimum absolute atomic E-state index is 0.440. The second-order valence-electron chi connectivity index (χ2n) is 4.30. The molecule has 72 valence electrons. The van der Waals surface area contributed by atoms with E-state index in [-0.39, 0.29) is 0 Å². The molecule has 0 aromatic rings. The van der Waals surface area contributed by atoms with Crippen LogP contribution in [0.1, 0.15) is 57.8 Å². The van der Waals surface area contributed by atoms with E-state index in [0.717, 1.165) is 12.8 Å². The van der Waals surface area contributed by atoms with Crippen LogP contribution in [0.3, 0.4) is 0 Å². The van der Waals surface area contributed by atoms with Gasteiger partial charge in [-0.05, 0) is 31.3 Å². The van der Waals surface area contributed by atoms with Crippen molar-refractivity contribution in [2.24, 2.45) is 0 Å². The molecule has 0 fully saturated rings. The van der Waals surface area contributed by atoms with Gasteiger partial charge in [-0.1, -0.05) is 31.3 Å². The van der Waals surface area contributed by atoms with Gasteiger partial charge in [-0.15, -0.1) is 0 Å². The molecule has 0 aromatic heterocycles. The Labute approximate surface area is 80.2 Å². The maximum absolute atomic E-state index is 11.3. The SMILES string of the molecule is O=C1CC2=C1CCCCCCCC2. The summed E-state index contributed by atoms with van der Waals surface area (Å²) in [6, 6.07) is 0. The van der Waals surface area contributed by atoms with Crippen LogP contribution in [0.2, 0.25) is 0 Å². The molecule has 0 atom stereocenters. The summed E-state index contributed by atoms with van der Waals surface area (Å²) in [7, 11) is 0. The maximum Gasteiger partial charge on any atom is 0.162 e. The zero-order valence-electron chi connectivity index (χ0n) is 8.27. The summed E-state index contributed by atoms with van der Waals surface area (Å²) in [6.07, 6.45) is 11.1. The number of carbonyl (C=O) groups is 1. The molecule has 1 heteroatoms. The van der Waals surface area contributed by atoms with Crippen molar-refractivity contribution in [1.82, 2.24) is 0 Å². The highest BCUT2D eigenvalue weighted by atomic mass is 16.1. The Kier molecular flexibility index (Phi) is 2.82. The first-order valence-corrected chi connectivity index (χ1v) is 5.62. The molecule has 0 amide bonds. The summed E-state index contributed by atoms with van der Waals surface area (Å²) in [5.74, 6) is 0.440. The Balaban J connectivity index is 1.98. The predicted molar refractivity (Wildman–Crippen MR) is 53.6 cm³/mol. The van der Waals surface area contributed by atoms with Gasteiger partial charge in [-0.25, -0.2) is 0 Å². The van der Waals surface area contributed by atoms with E-state index in [9.17, 15) is 4.79 Å². The molecule has 2 aliphatic rings. The van der Waals surface area contributed by atoms with Crippen LogP contribution in [0.25, 0.3) is 0 Å². The lowest BCUT2D eigenvalue weighted by molar-refractivity contribution is -0.116. The van der Waals surface area contributed by atoms with Crippen LogP contribution in [0, 0.1) is 0 Å². The first-order chi connectivity index (χ1) is 6.38. The average molecular weight is 178 g/mol. The number of hydrogen-bond acceptors (Lipinski definition) is 1. The number of allylic oxidation sites excluding steroid dienone is 2. The van der Waals surface area contributed by atoms with Crippen LogP contribution in [-0.2, 0) is 4.79 Å². The van der Waals surface area contributed by atoms with Crippen LogP contribution in [0.15, 0.2) is 11.1 Å². The Morgan fingerprint density at radius 2 is 1.38 bits per heavy atom. The minimum atomic E-state index is 0.440. The Morgan fingerprint density at radius 1 is 0.769 bits per heavy atom. The van der Waals surface area contributed by atoms with Crippen molar-refractivity contribution in [3.8, 4) is 0 Å². The molecular formula is C12H18O. The van der Waals surface area contributed by atoms with Gasteiger partial charge in [-0.3, -0.25) is 4.79 Å². The van der Waals surface area contributed by atoms with E-state index in [1.807, 2.05) is 0 Å². The van der Waals surface area contributed by atoms with Gasteiger partial charge >= 0.3 is 0 Å². The molecule has 0 saturated carbocycles. The third-order valence-electron chi connectivity index (χ3n) is 3.29. The molecule has 0 saturated heterocycles. The summed E-state index contributed by atoms with van der Waals surface area (Å²) in [6.45, 7) is 0. The van der Waals surface area contributed by atoms with Crippen LogP contribution in [0.5, 0.6) is 0 Å². The van der Waals surface area contributed by atoms with Crippen molar-refractivity contribution in [1.29, 1.82) is 0 Å². The fourth-order valence-corrected chi connectivity index (χ4v) is 2.40. The van der Waals surface area contributed by atoms with Gasteiger partial charge in [0.25, 0.3) is 0 Å². The molecule has 2 aliphatic carbocycles. The highest BCUT2D eigenvalue weighted by Gasteiger charge is 2.25. The summed E-state index contributed by atoms with van der Waals surface area (Å²) < 4.78 is 0. The number of carbonyl (C=O) groups excluding carboxylic acids is 1. The maximum atomic E-state index is 11.3. The zero-order chi connectivity index (χ0) is 9.10. The fourth-order valence-electron chi connectivity index (χ4n) is 2.40. The van der Waals surface area contributed by atoms with Gasteiger partial charge in [0.15, 0.2) is 5.78 Å². The second-order valence-corrected chi connectivity index (χ2v) is 4.30. The number of hydrogen-bond donors (Lipinski definition) is 0. The van der Waals surface area contributed by atoms with Crippen LogP contribution < -0.4 is 0 Å². The monoisotopic (exact) mass is 178 g/mol. The third-order valence-corrected chi connectivity index (χ3v) is 3.29. The Morgan fingerprint density at radius 3 is 2.08 bits per heavy atom. The Hall–Kier alpha value is -0.590. The van der Waals surface area contributed by atoms with Gasteiger partial charge in [0.05, 0.1) is 0 Å². The molecule has 0 aromatic carbocycles. The van der Waals surface area contributed by atoms with Gasteiger partial charge in [0.2, 0.25) is 0 Å². The van der Waals surface area contributed by atoms with E-state index in [1.54, 1.807) is 0 Å². The van der Waals surface area contributed by atoms with Gasteiger partial charge in [-0.2, -0.15) is 0 Å². The molecule has 0 unspecified atom stereocenters. The van der Waals surface area contributed by atoms with Gasteiger partial charge < -0.3 is 0 Å². The molecule has 0 N–H and O–H groups in total. The molecule has 13 heavy (non-hydrogen) atoms. The normalized spacial score (nSPS) is 25.1. The quantitative estimate of drug-likeness (QED) is 0.555. The highest BCUT2D eigenvalue weighted by Crippen LogP contribution is 2.33. The van der Waals surface area contributed by atoms with E-state index in [1.165, 1.54) is 56.1 Å². The minimum Gasteiger partial charge on any atom is -0.294 e. The van der Waals surface area contributed by atoms with Crippen molar-refractivity contribution in [3.05, 3.63) is 11.1 Å². The van der Waals surface area contributed by atoms with Crippen LogP contribution in [-0.4, -0.2) is 5.78 Å². The molecule has 0 radical (unpaired) electrons. The van der Waals surface area contributed by atoms with E-state index < -0.39 is 0 Å². The molecule has 0 spiro atoms. The molecular weight excluding hydrogens is 160 g/mol. The lowest BCUT2D eigenvalue weighted by Gasteiger charge is -2.23. The first kappa shape index (κ1) is 8.98. The van der Waals surface area contributed by atoms with E-state index >= 15 is 0 Å². The molecule has 0 heterocycles. The number of ketones is 1. The topological polar surface area (TPSA) is 17.1 Å². The van der Waals surface area contributed by atoms with Gasteiger partial charge in [0.1, 0.15) is 0 Å². The van der Waals surface area contributed by atoms with Crippen LogP contribution in [0.4, 0.5) is 0 Å². The zero-order valence-corrected chi connectivity index (χ0v) is 8.27. The first-order valence-electron chi connectivity index (χ1n) is 5.62. The van der Waals surface area contributed by atoms with Gasteiger partial charge in [0, 0.05) is 6.42 Å². The second kappa shape index (κ2) is 4.08. The molecule has 0 aliphatic heterocycles. The molecule has 1 nitrogen and oxygen atoms in total. The average Bonchev–Trinajstić information content (AvgIpc) is 2.13. The predicted octanol–water partition coefficient (Wildman–Crippen LogP) is 3.39. The van der Waals surface area contributed by atoms with E-state index in [2.05, 4.69) is 0 Å². The standard InChI is InChI=1S/C12H18O/c13-12-9-10-7-5-3-1-2-4-6-8-11(10)12/h1-9H2. The van der Waals surface area contributed by atoms with E-state index in [0.29, 0.717) is 5.78 Å². The van der Waals surface area contributed by atoms with Crippen molar-refractivity contribution in [3.63, 3.8) is 0 Å².